The van der Waals surface area contributed by atoms with Crippen molar-refractivity contribution in [2.24, 2.45) is 0 Å². The highest BCUT2D eigenvalue weighted by Crippen LogP contribution is 2.24. The Morgan fingerprint density at radius 1 is 0.920 bits per heavy atom. The summed E-state index contributed by atoms with van der Waals surface area (Å²) < 4.78 is 25.8. The molecule has 0 aliphatic carbocycles. The topological polar surface area (TPSA) is 66.5 Å². The molecule has 0 unspecified atom stereocenters. The zero-order valence-electron chi connectivity index (χ0n) is 15.5. The summed E-state index contributed by atoms with van der Waals surface area (Å²) >= 11 is 0. The zero-order valence-corrected chi connectivity index (χ0v) is 16.3. The molecule has 0 bridgehead atoms. The summed E-state index contributed by atoms with van der Waals surface area (Å²) in [6.07, 6.45) is 0. The molecule has 2 rings (SSSR count). The lowest BCUT2D eigenvalue weighted by Crippen LogP contribution is -2.23. The van der Waals surface area contributed by atoms with Crippen molar-refractivity contribution in [2.45, 2.75) is 32.6 Å². The minimum absolute atomic E-state index is 0.102. The van der Waals surface area contributed by atoms with Gasteiger partial charge in [0, 0.05) is 25.3 Å². The summed E-state index contributed by atoms with van der Waals surface area (Å²) in [7, 11) is -0.659. The highest BCUT2D eigenvalue weighted by molar-refractivity contribution is 7.89. The smallest absolute Gasteiger partial charge is 0.255 e. The van der Waals surface area contributed by atoms with Crippen molar-refractivity contribution in [3.8, 4) is 0 Å². The largest absolute Gasteiger partial charge is 0.321 e. The maximum absolute atomic E-state index is 12.8. The van der Waals surface area contributed by atoms with Crippen LogP contribution in [0.5, 0.6) is 0 Å². The van der Waals surface area contributed by atoms with E-state index in [1.54, 1.807) is 13.0 Å². The number of hydrogen-bond acceptors (Lipinski definition) is 3. The van der Waals surface area contributed by atoms with E-state index in [2.05, 4.69) is 5.32 Å². The molecular weight excluding hydrogens is 336 g/mol. The average Bonchev–Trinajstić information content (AvgIpc) is 2.50. The van der Waals surface area contributed by atoms with Gasteiger partial charge in [0.05, 0.1) is 4.90 Å². The first-order chi connectivity index (χ1) is 11.5. The van der Waals surface area contributed by atoms with Gasteiger partial charge in [-0.05, 0) is 56.5 Å². The number of nitrogens with zero attached hydrogens (tertiary/aromatic N) is 1. The highest BCUT2D eigenvalue weighted by Gasteiger charge is 2.20. The van der Waals surface area contributed by atoms with E-state index in [1.165, 1.54) is 26.2 Å². The molecule has 0 saturated carbocycles. The van der Waals surface area contributed by atoms with E-state index in [0.29, 0.717) is 5.56 Å². The molecule has 0 spiro atoms. The molecule has 5 nitrogen and oxygen atoms in total. The summed E-state index contributed by atoms with van der Waals surface area (Å²) in [5, 5.41) is 2.92. The number of hydrogen-bond donors (Lipinski definition) is 1. The molecule has 1 N–H and O–H groups in total. The molecule has 25 heavy (non-hydrogen) atoms. The minimum Gasteiger partial charge on any atom is -0.321 e. The Balaban J connectivity index is 2.44. The van der Waals surface area contributed by atoms with E-state index in [-0.39, 0.29) is 10.8 Å². The van der Waals surface area contributed by atoms with Gasteiger partial charge >= 0.3 is 0 Å². The fraction of sp³-hybridized carbons (Fsp3) is 0.316. The molecular formula is C19H24N2O3S. The number of anilines is 1. The maximum Gasteiger partial charge on any atom is 0.255 e. The van der Waals surface area contributed by atoms with Gasteiger partial charge in [-0.1, -0.05) is 23.8 Å². The molecule has 0 fully saturated rings. The van der Waals surface area contributed by atoms with Gasteiger partial charge in [-0.2, -0.15) is 0 Å². The standard InChI is InChI=1S/C19H24N2O3S/c1-12-9-14(3)18(15(4)10-12)20-19(22)17-11-16(8-7-13(17)2)25(23,24)21(5)6/h7-11H,1-6H3,(H,20,22). The van der Waals surface area contributed by atoms with Crippen LogP contribution in [0.4, 0.5) is 5.69 Å². The van der Waals surface area contributed by atoms with Gasteiger partial charge < -0.3 is 5.32 Å². The Kier molecular flexibility index (Phi) is 5.34. The number of rotatable bonds is 4. The lowest BCUT2D eigenvalue weighted by atomic mass is 10.0. The summed E-state index contributed by atoms with van der Waals surface area (Å²) in [6, 6.07) is 8.60. The second kappa shape index (κ2) is 6.98. The van der Waals surface area contributed by atoms with Gasteiger partial charge in [-0.25, -0.2) is 12.7 Å². The third kappa shape index (κ3) is 3.91. The van der Waals surface area contributed by atoms with Crippen LogP contribution in [0.15, 0.2) is 35.2 Å². The third-order valence-electron chi connectivity index (χ3n) is 4.15. The average molecular weight is 360 g/mol. The van der Waals surface area contributed by atoms with Crippen molar-refractivity contribution in [1.82, 2.24) is 4.31 Å². The lowest BCUT2D eigenvalue weighted by Gasteiger charge is -2.16. The quantitative estimate of drug-likeness (QED) is 0.908. The monoisotopic (exact) mass is 360 g/mol. The molecule has 6 heteroatoms. The second-order valence-corrected chi connectivity index (χ2v) is 8.64. The highest BCUT2D eigenvalue weighted by atomic mass is 32.2. The zero-order chi connectivity index (χ0) is 18.9. The minimum atomic E-state index is -3.59. The molecule has 0 aromatic heterocycles. The van der Waals surface area contributed by atoms with E-state index in [1.807, 2.05) is 32.9 Å². The lowest BCUT2D eigenvalue weighted by molar-refractivity contribution is 0.102. The van der Waals surface area contributed by atoms with Crippen LogP contribution >= 0.6 is 0 Å². The van der Waals surface area contributed by atoms with Crippen LogP contribution in [-0.4, -0.2) is 32.7 Å². The Hall–Kier alpha value is -2.18. The third-order valence-corrected chi connectivity index (χ3v) is 5.96. The molecule has 0 saturated heterocycles. The van der Waals surface area contributed by atoms with Crippen LogP contribution in [-0.2, 0) is 10.0 Å². The molecule has 0 aliphatic heterocycles. The Morgan fingerprint density at radius 2 is 1.48 bits per heavy atom. The maximum atomic E-state index is 12.8. The molecule has 0 radical (unpaired) electrons. The van der Waals surface area contributed by atoms with Crippen molar-refractivity contribution in [3.05, 3.63) is 58.1 Å². The fourth-order valence-corrected chi connectivity index (χ4v) is 3.70. The van der Waals surface area contributed by atoms with E-state index >= 15 is 0 Å². The SMILES string of the molecule is Cc1cc(C)c(NC(=O)c2cc(S(=O)(=O)N(C)C)ccc2C)c(C)c1. The van der Waals surface area contributed by atoms with E-state index in [4.69, 9.17) is 0 Å². The van der Waals surface area contributed by atoms with Crippen molar-refractivity contribution >= 4 is 21.6 Å². The molecule has 2 aromatic carbocycles. The number of carbonyl (C=O) groups excluding carboxylic acids is 1. The first kappa shape index (κ1) is 19.1. The number of aryl methyl sites for hydroxylation is 4. The molecule has 2 aromatic rings. The number of benzene rings is 2. The number of amides is 1. The van der Waals surface area contributed by atoms with Gasteiger partial charge in [-0.3, -0.25) is 4.79 Å². The van der Waals surface area contributed by atoms with Gasteiger partial charge in [0.1, 0.15) is 0 Å². The Morgan fingerprint density at radius 3 is 2.00 bits per heavy atom. The van der Waals surface area contributed by atoms with Gasteiger partial charge in [0.15, 0.2) is 0 Å². The van der Waals surface area contributed by atoms with Gasteiger partial charge in [0.25, 0.3) is 5.91 Å². The predicted molar refractivity (Wildman–Crippen MR) is 101 cm³/mol. The predicted octanol–water partition coefficient (Wildman–Crippen LogP) is 3.42. The van der Waals surface area contributed by atoms with E-state index in [9.17, 15) is 13.2 Å². The summed E-state index contributed by atoms with van der Waals surface area (Å²) in [4.78, 5) is 12.9. The second-order valence-electron chi connectivity index (χ2n) is 6.49. The summed E-state index contributed by atoms with van der Waals surface area (Å²) in [5.74, 6) is -0.316. The molecule has 0 aliphatic rings. The van der Waals surface area contributed by atoms with Crippen LogP contribution in [0.25, 0.3) is 0 Å². The van der Waals surface area contributed by atoms with E-state index in [0.717, 1.165) is 32.2 Å². The molecule has 0 heterocycles. The van der Waals surface area contributed by atoms with Gasteiger partial charge in [-0.15, -0.1) is 0 Å². The van der Waals surface area contributed by atoms with Crippen LogP contribution < -0.4 is 5.32 Å². The Bertz CT molecular complexity index is 909. The molecule has 0 atom stereocenters. The van der Waals surface area contributed by atoms with Crippen LogP contribution in [0.2, 0.25) is 0 Å². The van der Waals surface area contributed by atoms with Crippen molar-refractivity contribution < 1.29 is 13.2 Å². The van der Waals surface area contributed by atoms with Crippen LogP contribution in [0, 0.1) is 27.7 Å². The molecule has 1 amide bonds. The number of nitrogens with one attached hydrogen (secondary N) is 1. The van der Waals surface area contributed by atoms with Crippen molar-refractivity contribution in [2.75, 3.05) is 19.4 Å². The van der Waals surface area contributed by atoms with E-state index < -0.39 is 10.0 Å². The fourth-order valence-electron chi connectivity index (χ4n) is 2.78. The first-order valence-electron chi connectivity index (χ1n) is 7.96. The summed E-state index contributed by atoms with van der Waals surface area (Å²) in [6.45, 7) is 7.67. The molecule has 134 valence electrons. The first-order valence-corrected chi connectivity index (χ1v) is 9.40. The van der Waals surface area contributed by atoms with Crippen LogP contribution in [0.1, 0.15) is 32.6 Å². The Labute approximate surface area is 149 Å². The number of carbonyl (C=O) groups is 1. The number of sulfonamides is 1. The van der Waals surface area contributed by atoms with Crippen molar-refractivity contribution in [3.63, 3.8) is 0 Å². The van der Waals surface area contributed by atoms with Gasteiger partial charge in [0.2, 0.25) is 10.0 Å². The van der Waals surface area contributed by atoms with Crippen molar-refractivity contribution in [1.29, 1.82) is 0 Å². The summed E-state index contributed by atoms with van der Waals surface area (Å²) in [5.41, 5.74) is 4.90. The normalized spacial score (nSPS) is 11.6. The van der Waals surface area contributed by atoms with Crippen LogP contribution in [0.3, 0.4) is 0 Å².